The van der Waals surface area contributed by atoms with Crippen LogP contribution in [0.15, 0.2) is 24.3 Å². The van der Waals surface area contributed by atoms with Crippen molar-refractivity contribution in [2.24, 2.45) is 22.2 Å². The summed E-state index contributed by atoms with van der Waals surface area (Å²) in [6.45, 7) is 8.72. The van der Waals surface area contributed by atoms with Crippen LogP contribution in [0.25, 0.3) is 0 Å². The Morgan fingerprint density at radius 2 is 1.77 bits per heavy atom. The minimum Gasteiger partial charge on any atom is -0.490 e. The van der Waals surface area contributed by atoms with E-state index in [4.69, 9.17) is 20.5 Å². The lowest BCUT2D eigenvalue weighted by Crippen LogP contribution is -2.52. The number of carbonyl (C=O) groups excluding carboxylic acids is 1. The summed E-state index contributed by atoms with van der Waals surface area (Å²) in [7, 11) is -4.05. The first-order valence-electron chi connectivity index (χ1n) is 10.6. The number of carbonyl (C=O) groups is 1. The van der Waals surface area contributed by atoms with Crippen LogP contribution >= 0.6 is 11.6 Å². The molecule has 1 aromatic rings. The van der Waals surface area contributed by atoms with Crippen molar-refractivity contribution >= 4 is 27.5 Å². The monoisotopic (exact) mass is 472 g/mol. The molecule has 8 heteroatoms. The van der Waals surface area contributed by atoms with E-state index in [2.05, 4.69) is 0 Å². The molecule has 31 heavy (non-hydrogen) atoms. The minimum absolute atomic E-state index is 0.0121. The number of hydrogen-bond acceptors (Lipinski definition) is 6. The second kappa shape index (κ2) is 8.01. The Kier molecular flexibility index (Phi) is 6.33. The molecule has 0 radical (unpaired) electrons. The summed E-state index contributed by atoms with van der Waals surface area (Å²) in [5, 5.41) is 11.8. The summed E-state index contributed by atoms with van der Waals surface area (Å²) >= 11 is 5.88. The molecule has 3 unspecified atom stereocenters. The third-order valence-corrected chi connectivity index (χ3v) is 9.30. The number of hydrogen-bond donors (Lipinski definition) is 1. The fourth-order valence-corrected chi connectivity index (χ4v) is 6.71. The molecule has 2 saturated carbocycles. The second-order valence-corrected chi connectivity index (χ2v) is 12.7. The van der Waals surface area contributed by atoms with Crippen molar-refractivity contribution < 1.29 is 27.2 Å². The average molecular weight is 473 g/mol. The molecule has 174 valence electrons. The van der Waals surface area contributed by atoms with Crippen LogP contribution in [0.5, 0.6) is 5.75 Å². The van der Waals surface area contributed by atoms with Crippen molar-refractivity contribution in [2.45, 2.75) is 59.5 Å². The van der Waals surface area contributed by atoms with Gasteiger partial charge in [0.05, 0.1) is 17.8 Å². The van der Waals surface area contributed by atoms with E-state index in [0.29, 0.717) is 23.6 Å². The third-order valence-electron chi connectivity index (χ3n) is 7.73. The predicted octanol–water partition coefficient (Wildman–Crippen LogP) is 4.24. The third kappa shape index (κ3) is 4.52. The second-order valence-electron chi connectivity index (χ2n) is 10.7. The molecule has 1 N–H and O–H groups in total. The van der Waals surface area contributed by atoms with E-state index >= 15 is 0 Å². The maximum Gasteiger partial charge on any atom is 0.268 e. The predicted molar refractivity (Wildman–Crippen MR) is 120 cm³/mol. The largest absolute Gasteiger partial charge is 0.490 e. The number of halogens is 1. The van der Waals surface area contributed by atoms with E-state index in [1.807, 2.05) is 13.8 Å². The molecule has 2 aliphatic carbocycles. The summed E-state index contributed by atoms with van der Waals surface area (Å²) < 4.78 is 37.0. The van der Waals surface area contributed by atoms with Crippen LogP contribution < -0.4 is 4.74 Å². The molecule has 0 spiro atoms. The van der Waals surface area contributed by atoms with Crippen molar-refractivity contribution in [3.05, 3.63) is 29.3 Å². The molecular formula is C23H33ClO6S. The molecule has 0 aromatic heterocycles. The number of aliphatic hydroxyl groups is 1. The van der Waals surface area contributed by atoms with E-state index in [9.17, 15) is 18.3 Å². The first-order valence-corrected chi connectivity index (χ1v) is 12.6. The number of ketones is 1. The first kappa shape index (κ1) is 24.5. The Labute approximate surface area is 190 Å². The van der Waals surface area contributed by atoms with Crippen LogP contribution in [-0.4, -0.2) is 43.9 Å². The van der Waals surface area contributed by atoms with Gasteiger partial charge in [-0.3, -0.25) is 8.98 Å². The van der Waals surface area contributed by atoms with E-state index in [-0.39, 0.29) is 29.5 Å². The van der Waals surface area contributed by atoms with Crippen molar-refractivity contribution in [3.63, 3.8) is 0 Å². The van der Waals surface area contributed by atoms with Gasteiger partial charge in [-0.05, 0) is 53.9 Å². The van der Waals surface area contributed by atoms with E-state index in [0.717, 1.165) is 6.42 Å². The minimum atomic E-state index is -4.05. The lowest BCUT2D eigenvalue weighted by Gasteiger charge is -2.40. The smallest absolute Gasteiger partial charge is 0.268 e. The molecule has 3 rings (SSSR count). The van der Waals surface area contributed by atoms with Gasteiger partial charge in [0.1, 0.15) is 23.7 Å². The highest BCUT2D eigenvalue weighted by Gasteiger charge is 2.65. The van der Waals surface area contributed by atoms with E-state index in [1.54, 1.807) is 45.0 Å². The van der Waals surface area contributed by atoms with Gasteiger partial charge in [0, 0.05) is 11.4 Å². The van der Waals surface area contributed by atoms with Gasteiger partial charge in [0.15, 0.2) is 0 Å². The zero-order chi connectivity index (χ0) is 23.3. The van der Waals surface area contributed by atoms with Crippen LogP contribution in [0.1, 0.15) is 53.9 Å². The van der Waals surface area contributed by atoms with E-state index < -0.39 is 33.2 Å². The lowest BCUT2D eigenvalue weighted by atomic mass is 9.70. The van der Waals surface area contributed by atoms with E-state index in [1.165, 1.54) is 0 Å². The van der Waals surface area contributed by atoms with Gasteiger partial charge >= 0.3 is 0 Å². The summed E-state index contributed by atoms with van der Waals surface area (Å²) in [5.41, 5.74) is -3.59. The highest BCUT2D eigenvalue weighted by Crippen LogP contribution is 2.64. The number of ether oxygens (including phenoxy) is 1. The molecule has 6 nitrogen and oxygen atoms in total. The number of rotatable bonds is 8. The molecule has 2 bridgehead atoms. The first-order chi connectivity index (χ1) is 14.1. The Morgan fingerprint density at radius 3 is 2.26 bits per heavy atom. The average Bonchev–Trinajstić information content (AvgIpc) is 2.99. The lowest BCUT2D eigenvalue weighted by molar-refractivity contribution is -0.128. The quantitative estimate of drug-likeness (QED) is 0.569. The van der Waals surface area contributed by atoms with Crippen LogP contribution in [0.4, 0.5) is 0 Å². The summed E-state index contributed by atoms with van der Waals surface area (Å²) in [6.07, 6.45) is 1.85. The fourth-order valence-electron chi connectivity index (χ4n) is 4.85. The summed E-state index contributed by atoms with van der Waals surface area (Å²) in [6, 6.07) is 6.68. The van der Waals surface area contributed by atoms with Crippen LogP contribution in [0.2, 0.25) is 5.02 Å². The Bertz CT molecular complexity index is 934. The summed E-state index contributed by atoms with van der Waals surface area (Å²) in [4.78, 5) is 12.7. The standard InChI is InChI=1S/C23H33ClO6S/c1-20(2,3)23(26,13-29-18-8-6-17(24)7-9-18)14-30-31(27,28)15-22-11-10-16(12-19(22)25)21(22,4)5/h6-9,16,26H,10-15H2,1-5H3. The Morgan fingerprint density at radius 1 is 1.16 bits per heavy atom. The molecule has 2 fully saturated rings. The molecule has 0 aliphatic heterocycles. The topological polar surface area (TPSA) is 89.9 Å². The Hall–Kier alpha value is -1.15. The van der Waals surface area contributed by atoms with Gasteiger partial charge in [0.2, 0.25) is 0 Å². The molecule has 0 heterocycles. The van der Waals surface area contributed by atoms with Crippen LogP contribution in [0, 0.1) is 22.2 Å². The van der Waals surface area contributed by atoms with Crippen molar-refractivity contribution in [3.8, 4) is 5.75 Å². The van der Waals surface area contributed by atoms with Gasteiger partial charge < -0.3 is 9.84 Å². The molecule has 0 saturated heterocycles. The zero-order valence-corrected chi connectivity index (χ0v) is 20.5. The van der Waals surface area contributed by atoms with Crippen LogP contribution in [-0.2, 0) is 19.1 Å². The number of fused-ring (bicyclic) bond motifs is 2. The maximum absolute atomic E-state index is 12.9. The SMILES string of the molecule is CC(C)(C)C(O)(COc1ccc(Cl)cc1)COS(=O)(=O)CC12CCC(CC1=O)C2(C)C. The van der Waals surface area contributed by atoms with Gasteiger partial charge in [-0.2, -0.15) is 8.42 Å². The van der Waals surface area contributed by atoms with Gasteiger partial charge in [-0.15, -0.1) is 0 Å². The fraction of sp³-hybridized carbons (Fsp3) is 0.696. The van der Waals surface area contributed by atoms with Gasteiger partial charge in [-0.25, -0.2) is 0 Å². The normalized spacial score (nSPS) is 27.3. The van der Waals surface area contributed by atoms with Gasteiger partial charge in [0.25, 0.3) is 10.1 Å². The van der Waals surface area contributed by atoms with Crippen molar-refractivity contribution in [1.82, 2.24) is 0 Å². The Balaban J connectivity index is 1.72. The molecule has 0 amide bonds. The summed E-state index contributed by atoms with van der Waals surface area (Å²) in [5.74, 6) is 0.386. The molecule has 1 aromatic carbocycles. The van der Waals surface area contributed by atoms with Gasteiger partial charge in [-0.1, -0.05) is 46.2 Å². The number of benzene rings is 1. The number of Topliss-reactive ketones (excluding diaryl/α,β-unsaturated/α-hetero) is 1. The highest BCUT2D eigenvalue weighted by molar-refractivity contribution is 7.86. The van der Waals surface area contributed by atoms with Crippen molar-refractivity contribution in [1.29, 1.82) is 0 Å². The maximum atomic E-state index is 12.9. The van der Waals surface area contributed by atoms with Crippen molar-refractivity contribution in [2.75, 3.05) is 19.0 Å². The molecule has 3 atom stereocenters. The highest BCUT2D eigenvalue weighted by atomic mass is 35.5. The molecular weight excluding hydrogens is 440 g/mol. The van der Waals surface area contributed by atoms with Crippen LogP contribution in [0.3, 0.4) is 0 Å². The zero-order valence-electron chi connectivity index (χ0n) is 18.9. The molecule has 2 aliphatic rings.